The molecule has 2 aliphatic heterocycles. The molecule has 0 aromatic carbocycles. The minimum atomic E-state index is -1.47. The summed E-state index contributed by atoms with van der Waals surface area (Å²) in [6, 6.07) is 2.51. The van der Waals surface area contributed by atoms with Gasteiger partial charge in [0, 0.05) is 22.8 Å². The summed E-state index contributed by atoms with van der Waals surface area (Å²) in [6.07, 6.45) is 6.23. The monoisotopic (exact) mass is 498 g/mol. The number of aromatic nitrogens is 2. The third-order valence-corrected chi connectivity index (χ3v) is 6.86. The fraction of sp³-hybridized carbons (Fsp3) is 0.238. The van der Waals surface area contributed by atoms with Crippen LogP contribution in [-0.4, -0.2) is 57.7 Å². The number of hydrogen-bond acceptors (Lipinski definition) is 11. The van der Waals surface area contributed by atoms with Crippen LogP contribution >= 0.6 is 11.8 Å². The van der Waals surface area contributed by atoms with Crippen molar-refractivity contribution in [3.63, 3.8) is 0 Å². The summed E-state index contributed by atoms with van der Waals surface area (Å²) in [4.78, 5) is 47.4. The zero-order valence-corrected chi connectivity index (χ0v) is 19.0. The van der Waals surface area contributed by atoms with Crippen molar-refractivity contribution in [1.29, 1.82) is 0 Å². The number of hydrogen-bond donors (Lipinski definition) is 2. The normalized spacial score (nSPS) is 20.0. The molecule has 2 amide bonds. The van der Waals surface area contributed by atoms with Crippen LogP contribution in [0.5, 0.6) is 0 Å². The number of β-lactam (4-membered cyclic amide) rings is 1. The molecule has 2 aliphatic rings. The highest BCUT2D eigenvalue weighted by Crippen LogP contribution is 2.40. The first-order chi connectivity index (χ1) is 16.9. The zero-order chi connectivity index (χ0) is 24.7. The summed E-state index contributed by atoms with van der Waals surface area (Å²) in [5.41, 5.74) is 6.17. The molecule has 0 aliphatic carbocycles. The maximum absolute atomic E-state index is 12.9. The lowest BCUT2D eigenvalue weighted by atomic mass is 10.0. The van der Waals surface area contributed by atoms with E-state index in [0.717, 1.165) is 16.5 Å². The second-order valence-corrected chi connectivity index (χ2v) is 8.76. The molecule has 3 aromatic heterocycles. The van der Waals surface area contributed by atoms with E-state index in [1.165, 1.54) is 18.9 Å². The van der Waals surface area contributed by atoms with Crippen LogP contribution in [0, 0.1) is 0 Å². The van der Waals surface area contributed by atoms with Crippen LogP contribution in [-0.2, 0) is 25.8 Å². The Morgan fingerprint density at radius 1 is 1.43 bits per heavy atom. The number of amides is 2. The van der Waals surface area contributed by atoms with Gasteiger partial charge in [-0.2, -0.15) is 9.55 Å². The lowest BCUT2D eigenvalue weighted by Crippen LogP contribution is -2.71. The van der Waals surface area contributed by atoms with Gasteiger partial charge in [0.1, 0.15) is 30.5 Å². The standard InChI is InChI=1S/C21H18N6O7S/c1-32-25-14(12-8-34-21(22)23-12)17(28)24-15-18(29)27-16(20(30)31)11(9-35-19(15)27)6-26-4-2-10-3-5-33-13(10)7-26/h2-5,7-8,15,19H,6,9H2,1H3,(H3-,22,23,24,28,30,31)/t15?,19-/m1/s1. The summed E-state index contributed by atoms with van der Waals surface area (Å²) in [7, 11) is 1.24. The smallest absolute Gasteiger partial charge is 0.292 e. The number of aliphatic carboxylic acids is 1. The first-order valence-electron chi connectivity index (χ1n) is 10.2. The average Bonchev–Trinajstić information content (AvgIpc) is 3.48. The number of pyridine rings is 1. The second-order valence-electron chi connectivity index (χ2n) is 7.65. The molecule has 5 heterocycles. The number of nitrogens with one attached hydrogen (secondary N) is 1. The number of nitrogens with zero attached hydrogens (tertiary/aromatic N) is 4. The van der Waals surface area contributed by atoms with Gasteiger partial charge in [0.05, 0.1) is 17.9 Å². The summed E-state index contributed by atoms with van der Waals surface area (Å²) in [5.74, 6) is -2.50. The topological polar surface area (TPSA) is 180 Å². The minimum absolute atomic E-state index is 0.0185. The van der Waals surface area contributed by atoms with E-state index in [0.29, 0.717) is 16.9 Å². The maximum atomic E-state index is 12.9. The third-order valence-electron chi connectivity index (χ3n) is 5.52. The van der Waals surface area contributed by atoms with E-state index >= 15 is 0 Å². The fourth-order valence-corrected chi connectivity index (χ4v) is 5.29. The van der Waals surface area contributed by atoms with Crippen molar-refractivity contribution >= 4 is 52.2 Å². The van der Waals surface area contributed by atoms with Crippen LogP contribution in [0.4, 0.5) is 6.01 Å². The summed E-state index contributed by atoms with van der Waals surface area (Å²) < 4.78 is 12.1. The van der Waals surface area contributed by atoms with Crippen molar-refractivity contribution in [3.05, 3.63) is 54.0 Å². The van der Waals surface area contributed by atoms with Gasteiger partial charge in [-0.15, -0.1) is 11.8 Å². The Morgan fingerprint density at radius 2 is 2.26 bits per heavy atom. The maximum Gasteiger partial charge on any atom is 0.292 e. The van der Waals surface area contributed by atoms with Crippen LogP contribution < -0.4 is 20.7 Å². The van der Waals surface area contributed by atoms with Crippen LogP contribution in [0.2, 0.25) is 0 Å². The molecule has 1 fully saturated rings. The second kappa shape index (κ2) is 8.79. The molecule has 1 saturated heterocycles. The number of oxime groups is 1. The molecule has 1 unspecified atom stereocenters. The van der Waals surface area contributed by atoms with E-state index in [1.54, 1.807) is 23.2 Å². The number of oxazole rings is 1. The Bertz CT molecular complexity index is 1410. The minimum Gasteiger partial charge on any atom is -0.543 e. The van der Waals surface area contributed by atoms with Gasteiger partial charge in [0.15, 0.2) is 24.0 Å². The molecule has 13 nitrogen and oxygen atoms in total. The number of furan rings is 1. The van der Waals surface area contributed by atoms with Crippen molar-refractivity contribution in [2.24, 2.45) is 5.16 Å². The number of nitrogens with two attached hydrogens (primary N) is 1. The summed E-state index contributed by atoms with van der Waals surface area (Å²) >= 11 is 1.32. The number of carboxylic acids is 1. The van der Waals surface area contributed by atoms with E-state index in [9.17, 15) is 19.5 Å². The fourth-order valence-electron chi connectivity index (χ4n) is 3.96. The lowest BCUT2D eigenvalue weighted by Gasteiger charge is -2.50. The highest BCUT2D eigenvalue weighted by molar-refractivity contribution is 8.00. The van der Waals surface area contributed by atoms with Gasteiger partial charge in [-0.25, -0.2) is 0 Å². The number of carbonyl (C=O) groups is 3. The van der Waals surface area contributed by atoms with Gasteiger partial charge in [0.25, 0.3) is 17.8 Å². The van der Waals surface area contributed by atoms with Crippen LogP contribution in [0.3, 0.4) is 0 Å². The molecule has 35 heavy (non-hydrogen) atoms. The highest BCUT2D eigenvalue weighted by atomic mass is 32.2. The van der Waals surface area contributed by atoms with Gasteiger partial charge in [-0.1, -0.05) is 5.16 Å². The Labute approximate surface area is 201 Å². The average molecular weight is 498 g/mol. The molecule has 3 aromatic rings. The quantitative estimate of drug-likeness (QED) is 0.173. The van der Waals surface area contributed by atoms with Gasteiger partial charge < -0.3 is 34.6 Å². The van der Waals surface area contributed by atoms with Gasteiger partial charge in [0.2, 0.25) is 6.20 Å². The van der Waals surface area contributed by atoms with E-state index < -0.39 is 29.2 Å². The number of rotatable bonds is 7. The summed E-state index contributed by atoms with van der Waals surface area (Å²) in [5, 5.41) is 18.5. The molecular formula is C21H18N6O7S. The Kier molecular flexibility index (Phi) is 5.64. The Morgan fingerprint density at radius 3 is 2.97 bits per heavy atom. The molecule has 0 radical (unpaired) electrons. The van der Waals surface area contributed by atoms with Crippen molar-refractivity contribution in [2.75, 3.05) is 18.6 Å². The Hall–Kier alpha value is -4.33. The van der Waals surface area contributed by atoms with E-state index in [2.05, 4.69) is 15.5 Å². The largest absolute Gasteiger partial charge is 0.543 e. The number of fused-ring (bicyclic) bond motifs is 2. The van der Waals surface area contributed by atoms with Gasteiger partial charge in [-0.3, -0.25) is 14.5 Å². The number of carboxylic acid groups (broad SMARTS) is 1. The molecule has 14 heteroatoms. The van der Waals surface area contributed by atoms with Gasteiger partial charge >= 0.3 is 0 Å². The van der Waals surface area contributed by atoms with Crippen molar-refractivity contribution in [2.45, 2.75) is 18.0 Å². The van der Waals surface area contributed by atoms with E-state index in [1.807, 2.05) is 12.1 Å². The first-order valence-corrected chi connectivity index (χ1v) is 11.3. The van der Waals surface area contributed by atoms with Crippen LogP contribution in [0.1, 0.15) is 5.69 Å². The van der Waals surface area contributed by atoms with Crippen LogP contribution in [0.15, 0.2) is 62.3 Å². The molecule has 5 rings (SSSR count). The molecule has 0 saturated carbocycles. The van der Waals surface area contributed by atoms with E-state index in [-0.39, 0.29) is 29.7 Å². The van der Waals surface area contributed by atoms with Gasteiger partial charge in [-0.05, 0) is 6.07 Å². The third kappa shape index (κ3) is 3.97. The number of thioether (sulfide) groups is 1. The molecular weight excluding hydrogens is 480 g/mol. The molecule has 180 valence electrons. The SMILES string of the molecule is CON=C(C(=O)NC1C(=O)N2C(C(=O)[O-])=C(C[n+]3ccc4ccoc4c3)CS[C@H]12)c1coc(N)n1. The predicted molar refractivity (Wildman–Crippen MR) is 118 cm³/mol. The predicted octanol–water partition coefficient (Wildman–Crippen LogP) is -1.25. The lowest BCUT2D eigenvalue weighted by molar-refractivity contribution is -0.688. The molecule has 0 spiro atoms. The summed E-state index contributed by atoms with van der Waals surface area (Å²) in [6.45, 7) is 0.221. The highest BCUT2D eigenvalue weighted by Gasteiger charge is 2.53. The number of carbonyl (C=O) groups excluding carboxylic acids is 3. The molecule has 0 bridgehead atoms. The molecule has 3 N–H and O–H groups in total. The first kappa shape index (κ1) is 22.5. The molecule has 2 atom stereocenters. The Balaban J connectivity index is 1.36. The zero-order valence-electron chi connectivity index (χ0n) is 18.2. The van der Waals surface area contributed by atoms with Crippen molar-refractivity contribution in [1.82, 2.24) is 15.2 Å². The van der Waals surface area contributed by atoms with Crippen molar-refractivity contribution < 1.29 is 37.7 Å². The van der Waals surface area contributed by atoms with E-state index in [4.69, 9.17) is 19.4 Å². The van der Waals surface area contributed by atoms with Crippen LogP contribution in [0.25, 0.3) is 11.0 Å². The van der Waals surface area contributed by atoms with Crippen molar-refractivity contribution in [3.8, 4) is 0 Å². The number of nitrogen functional groups attached to an aromatic ring is 1. The number of anilines is 1.